The molecule has 118 valence electrons. The molecule has 0 unspecified atom stereocenters. The minimum Gasteiger partial charge on any atom is -0.459 e. The van der Waals surface area contributed by atoms with Crippen LogP contribution in [0.2, 0.25) is 0 Å². The van der Waals surface area contributed by atoms with E-state index in [1.165, 1.54) is 12.1 Å². The number of carbonyl (C=O) groups excluding carboxylic acids is 1. The summed E-state index contributed by atoms with van der Waals surface area (Å²) in [4.78, 5) is 29.1. The molecule has 0 fully saturated rings. The van der Waals surface area contributed by atoms with Crippen molar-refractivity contribution >= 4 is 22.7 Å². The minimum absolute atomic E-state index is 0.00409. The number of aromatic nitrogens is 2. The van der Waals surface area contributed by atoms with Crippen LogP contribution >= 0.6 is 0 Å². The molecule has 1 aromatic carbocycles. The van der Waals surface area contributed by atoms with Crippen LogP contribution in [0, 0.1) is 10.1 Å². The Bertz CT molecular complexity index is 702. The van der Waals surface area contributed by atoms with Gasteiger partial charge in [-0.1, -0.05) is 0 Å². The van der Waals surface area contributed by atoms with Crippen LogP contribution in [0.4, 0.5) is 5.69 Å². The van der Waals surface area contributed by atoms with E-state index in [9.17, 15) is 14.9 Å². The van der Waals surface area contributed by atoms with Gasteiger partial charge in [-0.3, -0.25) is 20.2 Å². The number of H-pyrrole nitrogens is 1. The highest BCUT2D eigenvalue weighted by molar-refractivity contribution is 5.77. The average molecular weight is 306 g/mol. The van der Waals surface area contributed by atoms with Gasteiger partial charge in [0.1, 0.15) is 11.4 Å². The Kier molecular flexibility index (Phi) is 4.41. The van der Waals surface area contributed by atoms with Gasteiger partial charge in [-0.15, -0.1) is 0 Å². The predicted octanol–water partition coefficient (Wildman–Crippen LogP) is 1.90. The Labute approximate surface area is 127 Å². The van der Waals surface area contributed by atoms with Gasteiger partial charge in [0.25, 0.3) is 5.69 Å². The Morgan fingerprint density at radius 3 is 2.82 bits per heavy atom. The van der Waals surface area contributed by atoms with Crippen molar-refractivity contribution < 1.29 is 14.5 Å². The molecule has 0 atom stereocenters. The van der Waals surface area contributed by atoms with Crippen LogP contribution in [0.5, 0.6) is 0 Å². The number of rotatable bonds is 5. The number of aromatic amines is 1. The van der Waals surface area contributed by atoms with Crippen molar-refractivity contribution in [1.82, 2.24) is 15.3 Å². The van der Waals surface area contributed by atoms with Crippen molar-refractivity contribution in [2.24, 2.45) is 0 Å². The first kappa shape index (κ1) is 15.9. The second-order valence-electron chi connectivity index (χ2n) is 5.83. The summed E-state index contributed by atoms with van der Waals surface area (Å²) in [5, 5.41) is 13.6. The highest BCUT2D eigenvalue weighted by Crippen LogP contribution is 2.18. The highest BCUT2D eigenvalue weighted by Gasteiger charge is 2.16. The third-order valence-electron chi connectivity index (χ3n) is 2.71. The van der Waals surface area contributed by atoms with Gasteiger partial charge >= 0.3 is 5.97 Å². The molecule has 0 bridgehead atoms. The molecule has 2 N–H and O–H groups in total. The molecule has 0 saturated heterocycles. The standard InChI is InChI=1S/C14H18N4O4/c1-14(2,3)22-13(19)8-15-7-12-16-10-5-4-9(18(20)21)6-11(10)17-12/h4-6,15H,7-8H2,1-3H3,(H,16,17). The van der Waals surface area contributed by atoms with Gasteiger partial charge in [0.05, 0.1) is 29.0 Å². The largest absolute Gasteiger partial charge is 0.459 e. The number of hydrogen-bond acceptors (Lipinski definition) is 6. The quantitative estimate of drug-likeness (QED) is 0.496. The van der Waals surface area contributed by atoms with Crippen molar-refractivity contribution in [3.05, 3.63) is 34.1 Å². The number of non-ortho nitro benzene ring substituents is 1. The number of carbonyl (C=O) groups is 1. The number of ether oxygens (including phenoxy) is 1. The van der Waals surface area contributed by atoms with Crippen LogP contribution in [0.1, 0.15) is 26.6 Å². The highest BCUT2D eigenvalue weighted by atomic mass is 16.6. The number of nitro groups is 1. The SMILES string of the molecule is CC(C)(C)OC(=O)CNCc1nc2ccc([N+](=O)[O-])cc2[nH]1. The molecule has 0 radical (unpaired) electrons. The van der Waals surface area contributed by atoms with Crippen LogP contribution in [0.15, 0.2) is 18.2 Å². The lowest BCUT2D eigenvalue weighted by Gasteiger charge is -2.19. The summed E-state index contributed by atoms with van der Waals surface area (Å²) in [6.45, 7) is 5.81. The van der Waals surface area contributed by atoms with Crippen LogP contribution in [-0.4, -0.2) is 33.0 Å². The van der Waals surface area contributed by atoms with E-state index in [1.54, 1.807) is 26.8 Å². The van der Waals surface area contributed by atoms with Crippen molar-refractivity contribution in [2.45, 2.75) is 32.9 Å². The number of nitro benzene ring substituents is 1. The lowest BCUT2D eigenvalue weighted by atomic mass is 10.2. The zero-order chi connectivity index (χ0) is 16.3. The van der Waals surface area contributed by atoms with Gasteiger partial charge in [0.2, 0.25) is 0 Å². The summed E-state index contributed by atoms with van der Waals surface area (Å²) < 4.78 is 5.17. The molecule has 22 heavy (non-hydrogen) atoms. The van der Waals surface area contributed by atoms with E-state index in [1.807, 2.05) is 0 Å². The lowest BCUT2D eigenvalue weighted by molar-refractivity contribution is -0.384. The monoisotopic (exact) mass is 306 g/mol. The van der Waals surface area contributed by atoms with E-state index in [0.29, 0.717) is 23.4 Å². The summed E-state index contributed by atoms with van der Waals surface area (Å²) in [6.07, 6.45) is 0. The smallest absolute Gasteiger partial charge is 0.320 e. The molecular weight excluding hydrogens is 288 g/mol. The van der Waals surface area contributed by atoms with E-state index < -0.39 is 10.5 Å². The second kappa shape index (κ2) is 6.10. The number of hydrogen-bond donors (Lipinski definition) is 2. The first-order valence-corrected chi connectivity index (χ1v) is 6.80. The zero-order valence-corrected chi connectivity index (χ0v) is 12.7. The molecule has 8 nitrogen and oxygen atoms in total. The van der Waals surface area contributed by atoms with E-state index in [4.69, 9.17) is 4.74 Å². The second-order valence-corrected chi connectivity index (χ2v) is 5.83. The molecule has 1 heterocycles. The van der Waals surface area contributed by atoms with Crippen LogP contribution in [0.3, 0.4) is 0 Å². The lowest BCUT2D eigenvalue weighted by Crippen LogP contribution is -2.31. The number of fused-ring (bicyclic) bond motifs is 1. The number of imidazole rings is 1. The third kappa shape index (κ3) is 4.26. The summed E-state index contributed by atoms with van der Waals surface area (Å²) >= 11 is 0. The number of nitrogens with zero attached hydrogens (tertiary/aromatic N) is 2. The average Bonchev–Trinajstić information content (AvgIpc) is 2.77. The maximum absolute atomic E-state index is 11.6. The molecule has 2 rings (SSSR count). The van der Waals surface area contributed by atoms with Crippen molar-refractivity contribution in [1.29, 1.82) is 0 Å². The first-order valence-electron chi connectivity index (χ1n) is 6.80. The van der Waals surface area contributed by atoms with Crippen molar-refractivity contribution in [2.75, 3.05) is 6.54 Å². The summed E-state index contributed by atoms with van der Waals surface area (Å²) in [7, 11) is 0. The van der Waals surface area contributed by atoms with E-state index in [2.05, 4.69) is 15.3 Å². The van der Waals surface area contributed by atoms with Crippen molar-refractivity contribution in [3.63, 3.8) is 0 Å². The Morgan fingerprint density at radius 1 is 1.45 bits per heavy atom. The first-order chi connectivity index (χ1) is 10.2. The van der Waals surface area contributed by atoms with Crippen LogP contribution in [0.25, 0.3) is 11.0 Å². The van der Waals surface area contributed by atoms with Gasteiger partial charge in [-0.05, 0) is 26.8 Å². The van der Waals surface area contributed by atoms with Gasteiger partial charge in [-0.2, -0.15) is 0 Å². The molecule has 0 amide bonds. The third-order valence-corrected chi connectivity index (χ3v) is 2.71. The Balaban J connectivity index is 1.95. The fraction of sp³-hybridized carbons (Fsp3) is 0.429. The van der Waals surface area contributed by atoms with Gasteiger partial charge in [0.15, 0.2) is 0 Å². The fourth-order valence-corrected chi connectivity index (χ4v) is 1.91. The predicted molar refractivity (Wildman–Crippen MR) is 80.3 cm³/mol. The molecule has 2 aromatic rings. The van der Waals surface area contributed by atoms with Gasteiger partial charge in [-0.25, -0.2) is 4.98 Å². The molecule has 0 aliphatic carbocycles. The molecule has 0 saturated carbocycles. The van der Waals surface area contributed by atoms with Crippen LogP contribution < -0.4 is 5.32 Å². The molecule has 0 spiro atoms. The topological polar surface area (TPSA) is 110 Å². The van der Waals surface area contributed by atoms with E-state index in [-0.39, 0.29) is 18.2 Å². The summed E-state index contributed by atoms with van der Waals surface area (Å²) in [5.41, 5.74) is 0.712. The maximum Gasteiger partial charge on any atom is 0.320 e. The summed E-state index contributed by atoms with van der Waals surface area (Å²) in [5.74, 6) is 0.248. The Morgan fingerprint density at radius 2 is 2.18 bits per heavy atom. The number of nitrogens with one attached hydrogen (secondary N) is 2. The van der Waals surface area contributed by atoms with E-state index >= 15 is 0 Å². The molecule has 0 aliphatic rings. The zero-order valence-electron chi connectivity index (χ0n) is 12.7. The molecule has 1 aromatic heterocycles. The molecule has 0 aliphatic heterocycles. The maximum atomic E-state index is 11.6. The van der Waals surface area contributed by atoms with Crippen LogP contribution in [-0.2, 0) is 16.1 Å². The van der Waals surface area contributed by atoms with Gasteiger partial charge in [0, 0.05) is 12.1 Å². The van der Waals surface area contributed by atoms with Crippen molar-refractivity contribution in [3.8, 4) is 0 Å². The number of benzene rings is 1. The normalized spacial score (nSPS) is 11.6. The number of esters is 1. The van der Waals surface area contributed by atoms with E-state index in [0.717, 1.165) is 0 Å². The fourth-order valence-electron chi connectivity index (χ4n) is 1.91. The Hall–Kier alpha value is -2.48. The molecule has 8 heteroatoms. The molecular formula is C14H18N4O4. The van der Waals surface area contributed by atoms with Gasteiger partial charge < -0.3 is 9.72 Å². The summed E-state index contributed by atoms with van der Waals surface area (Å²) in [6, 6.07) is 4.42. The minimum atomic E-state index is -0.517.